The van der Waals surface area contributed by atoms with E-state index in [1.54, 1.807) is 6.08 Å². The molecule has 0 saturated heterocycles. The molecule has 1 aliphatic carbocycles. The van der Waals surface area contributed by atoms with Gasteiger partial charge in [0.1, 0.15) is 5.82 Å². The zero-order chi connectivity index (χ0) is 15.2. The Morgan fingerprint density at radius 2 is 2.14 bits per heavy atom. The van der Waals surface area contributed by atoms with Gasteiger partial charge in [-0.05, 0) is 12.8 Å². The number of nitro groups is 1. The topological polar surface area (TPSA) is 90.2 Å². The second-order valence-electron chi connectivity index (χ2n) is 5.05. The third kappa shape index (κ3) is 3.48. The highest BCUT2D eigenvalue weighted by atomic mass is 16.6. The van der Waals surface area contributed by atoms with Crippen LogP contribution in [0.2, 0.25) is 0 Å². The van der Waals surface area contributed by atoms with Crippen molar-refractivity contribution < 1.29 is 9.66 Å². The van der Waals surface area contributed by atoms with Gasteiger partial charge in [-0.15, -0.1) is 6.58 Å². The molecule has 1 heterocycles. The van der Waals surface area contributed by atoms with Crippen LogP contribution in [-0.2, 0) is 0 Å². The molecule has 2 rings (SSSR count). The molecule has 114 valence electrons. The predicted molar refractivity (Wildman–Crippen MR) is 79.8 cm³/mol. The van der Waals surface area contributed by atoms with Gasteiger partial charge in [0.2, 0.25) is 5.82 Å². The first-order valence-corrected chi connectivity index (χ1v) is 7.12. The van der Waals surface area contributed by atoms with Crippen LogP contribution < -0.4 is 10.1 Å². The maximum atomic E-state index is 11.2. The summed E-state index contributed by atoms with van der Waals surface area (Å²) in [6.07, 6.45) is 7.16. The van der Waals surface area contributed by atoms with Gasteiger partial charge < -0.3 is 10.1 Å². The maximum Gasteiger partial charge on any atom is 0.372 e. The highest BCUT2D eigenvalue weighted by Gasteiger charge is 2.28. The molecule has 1 aromatic heterocycles. The van der Waals surface area contributed by atoms with E-state index < -0.39 is 4.92 Å². The third-order valence-electron chi connectivity index (χ3n) is 3.63. The highest BCUT2D eigenvalue weighted by Crippen LogP contribution is 2.37. The van der Waals surface area contributed by atoms with Gasteiger partial charge in [0.05, 0.1) is 12.0 Å². The lowest BCUT2D eigenvalue weighted by Crippen LogP contribution is -2.14. The molecule has 1 saturated carbocycles. The van der Waals surface area contributed by atoms with Gasteiger partial charge in [0.15, 0.2) is 0 Å². The van der Waals surface area contributed by atoms with Crippen LogP contribution in [0.5, 0.6) is 5.88 Å². The number of hydrogen-bond donors (Lipinski definition) is 1. The summed E-state index contributed by atoms with van der Waals surface area (Å²) in [4.78, 5) is 19.3. The zero-order valence-corrected chi connectivity index (χ0v) is 12.2. The minimum absolute atomic E-state index is 0.0159. The van der Waals surface area contributed by atoms with Gasteiger partial charge in [-0.25, -0.2) is 4.98 Å². The van der Waals surface area contributed by atoms with Crippen molar-refractivity contribution in [1.29, 1.82) is 0 Å². The zero-order valence-electron chi connectivity index (χ0n) is 12.2. The normalized spacial score (nSPS) is 15.5. The number of hydrogen-bond acceptors (Lipinski definition) is 6. The summed E-state index contributed by atoms with van der Waals surface area (Å²) < 4.78 is 5.10. The minimum atomic E-state index is -0.519. The Morgan fingerprint density at radius 1 is 1.43 bits per heavy atom. The van der Waals surface area contributed by atoms with Crippen LogP contribution in [0.25, 0.3) is 0 Å². The minimum Gasteiger partial charge on any atom is -0.476 e. The van der Waals surface area contributed by atoms with Crippen LogP contribution in [0.3, 0.4) is 0 Å². The first-order chi connectivity index (χ1) is 10.2. The molecular formula is C14H20N4O3. The van der Waals surface area contributed by atoms with E-state index in [0.717, 1.165) is 25.7 Å². The van der Waals surface area contributed by atoms with Crippen LogP contribution in [0, 0.1) is 10.1 Å². The molecule has 1 aromatic rings. The first-order valence-electron chi connectivity index (χ1n) is 7.12. The van der Waals surface area contributed by atoms with Crippen molar-refractivity contribution in [1.82, 2.24) is 9.97 Å². The van der Waals surface area contributed by atoms with Crippen LogP contribution in [-0.4, -0.2) is 28.5 Å². The number of methoxy groups -OCH3 is 1. The number of nitrogens with zero attached hydrogens (tertiary/aromatic N) is 3. The molecule has 0 aliphatic heterocycles. The number of ether oxygens (including phenoxy) is 1. The summed E-state index contributed by atoms with van der Waals surface area (Å²) in [6.45, 7) is 3.99. The molecule has 21 heavy (non-hydrogen) atoms. The first kappa shape index (κ1) is 15.2. The van der Waals surface area contributed by atoms with Gasteiger partial charge in [0.25, 0.3) is 5.88 Å². The van der Waals surface area contributed by atoms with E-state index in [-0.39, 0.29) is 23.3 Å². The summed E-state index contributed by atoms with van der Waals surface area (Å²) in [6, 6.07) is 0. The van der Waals surface area contributed by atoms with Gasteiger partial charge >= 0.3 is 5.69 Å². The quantitative estimate of drug-likeness (QED) is 0.492. The molecule has 7 heteroatoms. The largest absolute Gasteiger partial charge is 0.476 e. The van der Waals surface area contributed by atoms with E-state index in [4.69, 9.17) is 4.74 Å². The van der Waals surface area contributed by atoms with Crippen LogP contribution >= 0.6 is 0 Å². The van der Waals surface area contributed by atoms with Crippen molar-refractivity contribution in [3.05, 3.63) is 28.6 Å². The number of aromatic nitrogens is 2. The molecule has 0 radical (unpaired) electrons. The Kier molecular flexibility index (Phi) is 5.08. The summed E-state index contributed by atoms with van der Waals surface area (Å²) in [7, 11) is 1.39. The lowest BCUT2D eigenvalue weighted by molar-refractivity contribution is -0.385. The summed E-state index contributed by atoms with van der Waals surface area (Å²) in [5, 5.41) is 14.1. The molecule has 0 bridgehead atoms. The Labute approximate surface area is 123 Å². The van der Waals surface area contributed by atoms with Gasteiger partial charge in [-0.1, -0.05) is 25.3 Å². The van der Waals surface area contributed by atoms with E-state index in [2.05, 4.69) is 21.9 Å². The molecule has 0 spiro atoms. The molecular weight excluding hydrogens is 272 g/mol. The second kappa shape index (κ2) is 7.01. The molecule has 1 aliphatic rings. The monoisotopic (exact) mass is 292 g/mol. The fourth-order valence-electron chi connectivity index (χ4n) is 2.59. The Bertz CT molecular complexity index is 527. The SMILES string of the molecule is C=CCNc1nc(C2CCCCC2)nc(OC)c1[N+](=O)[O-]. The van der Waals surface area contributed by atoms with Crippen molar-refractivity contribution in [2.75, 3.05) is 19.0 Å². The molecule has 0 aromatic carbocycles. The Balaban J connectivity index is 2.42. The number of anilines is 1. The molecule has 1 fully saturated rings. The van der Waals surface area contributed by atoms with Crippen molar-refractivity contribution >= 4 is 11.5 Å². The Hall–Kier alpha value is -2.18. The predicted octanol–water partition coefficient (Wildman–Crippen LogP) is 3.04. The maximum absolute atomic E-state index is 11.2. The van der Waals surface area contributed by atoms with Crippen molar-refractivity contribution in [3.8, 4) is 5.88 Å². The van der Waals surface area contributed by atoms with E-state index in [1.165, 1.54) is 13.5 Å². The van der Waals surface area contributed by atoms with Gasteiger partial charge in [0, 0.05) is 12.5 Å². The van der Waals surface area contributed by atoms with Crippen LogP contribution in [0.4, 0.5) is 11.5 Å². The molecule has 7 nitrogen and oxygen atoms in total. The van der Waals surface area contributed by atoms with Crippen molar-refractivity contribution in [2.24, 2.45) is 0 Å². The summed E-state index contributed by atoms with van der Waals surface area (Å²) >= 11 is 0. The fraction of sp³-hybridized carbons (Fsp3) is 0.571. The van der Waals surface area contributed by atoms with Gasteiger partial charge in [-0.3, -0.25) is 10.1 Å². The fourth-order valence-corrected chi connectivity index (χ4v) is 2.59. The van der Waals surface area contributed by atoms with Crippen LogP contribution in [0.1, 0.15) is 43.8 Å². The van der Waals surface area contributed by atoms with Crippen LogP contribution in [0.15, 0.2) is 12.7 Å². The lowest BCUT2D eigenvalue weighted by Gasteiger charge is -2.21. The highest BCUT2D eigenvalue weighted by molar-refractivity contribution is 5.62. The Morgan fingerprint density at radius 3 is 2.71 bits per heavy atom. The molecule has 0 unspecified atom stereocenters. The molecule has 0 amide bonds. The average Bonchev–Trinajstić information content (AvgIpc) is 2.52. The van der Waals surface area contributed by atoms with E-state index >= 15 is 0 Å². The van der Waals surface area contributed by atoms with Crippen molar-refractivity contribution in [2.45, 2.75) is 38.0 Å². The molecule has 0 atom stereocenters. The summed E-state index contributed by atoms with van der Waals surface area (Å²) in [5.74, 6) is 1.09. The second-order valence-corrected chi connectivity index (χ2v) is 5.05. The number of nitrogens with one attached hydrogen (secondary N) is 1. The molecule has 1 N–H and O–H groups in total. The van der Waals surface area contributed by atoms with Crippen molar-refractivity contribution in [3.63, 3.8) is 0 Å². The number of rotatable bonds is 6. The average molecular weight is 292 g/mol. The smallest absolute Gasteiger partial charge is 0.372 e. The third-order valence-corrected chi connectivity index (χ3v) is 3.63. The summed E-state index contributed by atoms with van der Waals surface area (Å²) in [5.41, 5.74) is -0.223. The standard InChI is InChI=1S/C14H20N4O3/c1-3-9-15-13-11(18(19)20)14(21-2)17-12(16-13)10-7-5-4-6-8-10/h3,10H,1,4-9H2,2H3,(H,15,16,17). The van der Waals surface area contributed by atoms with E-state index in [1.807, 2.05) is 0 Å². The van der Waals surface area contributed by atoms with Gasteiger partial charge in [-0.2, -0.15) is 4.98 Å². The van der Waals surface area contributed by atoms with E-state index in [0.29, 0.717) is 12.4 Å². The van der Waals surface area contributed by atoms with E-state index in [9.17, 15) is 10.1 Å². The lowest BCUT2D eigenvalue weighted by atomic mass is 9.88.